The molecule has 0 saturated heterocycles. The van der Waals surface area contributed by atoms with Crippen molar-refractivity contribution in [3.63, 3.8) is 0 Å². The summed E-state index contributed by atoms with van der Waals surface area (Å²) in [5.41, 5.74) is 0. The summed E-state index contributed by atoms with van der Waals surface area (Å²) in [6.45, 7) is 7.17. The first-order valence-corrected chi connectivity index (χ1v) is 4.44. The fourth-order valence-electron chi connectivity index (χ4n) is 0.262. The normalized spacial score (nSPS) is 9.73. The molecule has 1 unspecified atom stereocenters. The Hall–Kier alpha value is -0.910. The van der Waals surface area contributed by atoms with Crippen molar-refractivity contribution in [1.29, 1.82) is 0 Å². The van der Waals surface area contributed by atoms with Crippen LogP contribution in [0.3, 0.4) is 0 Å². The fourth-order valence-corrected chi connectivity index (χ4v) is 0.262. The van der Waals surface area contributed by atoms with E-state index in [1.54, 1.807) is 13.2 Å². The Morgan fingerprint density at radius 2 is 1.93 bits per heavy atom. The second-order valence-electron chi connectivity index (χ2n) is 2.32. The Kier molecular flexibility index (Phi) is 24.6. The van der Waals surface area contributed by atoms with Crippen molar-refractivity contribution in [1.82, 2.24) is 0 Å². The van der Waals surface area contributed by atoms with Gasteiger partial charge in [-0.05, 0) is 13.8 Å². The summed E-state index contributed by atoms with van der Waals surface area (Å²) >= 11 is 0. The SMILES string of the molecule is C=CC.COC(=O)C(C)O.COCCO. The zero-order valence-corrected chi connectivity index (χ0v) is 9.90. The summed E-state index contributed by atoms with van der Waals surface area (Å²) in [4.78, 5) is 10.0. The molecule has 5 nitrogen and oxygen atoms in total. The van der Waals surface area contributed by atoms with Gasteiger partial charge in [-0.1, -0.05) is 6.08 Å². The van der Waals surface area contributed by atoms with E-state index >= 15 is 0 Å². The third kappa shape index (κ3) is 32.0. The predicted molar refractivity (Wildman–Crippen MR) is 58.5 cm³/mol. The third-order valence-electron chi connectivity index (χ3n) is 0.838. The molecule has 0 aliphatic heterocycles. The molecule has 0 rings (SSSR count). The van der Waals surface area contributed by atoms with Gasteiger partial charge >= 0.3 is 5.97 Å². The molecule has 15 heavy (non-hydrogen) atoms. The van der Waals surface area contributed by atoms with Gasteiger partial charge in [0.15, 0.2) is 0 Å². The van der Waals surface area contributed by atoms with Crippen molar-refractivity contribution in [2.24, 2.45) is 0 Å². The first kappa shape index (κ1) is 19.6. The van der Waals surface area contributed by atoms with Crippen molar-refractivity contribution in [3.8, 4) is 0 Å². The van der Waals surface area contributed by atoms with Crippen molar-refractivity contribution in [3.05, 3.63) is 12.7 Å². The Morgan fingerprint density at radius 3 is 1.93 bits per heavy atom. The summed E-state index contributed by atoms with van der Waals surface area (Å²) in [6, 6.07) is 0. The van der Waals surface area contributed by atoms with E-state index in [0.717, 1.165) is 0 Å². The molecule has 0 bridgehead atoms. The van der Waals surface area contributed by atoms with Crippen LogP contribution in [0.1, 0.15) is 13.8 Å². The monoisotopic (exact) mass is 222 g/mol. The molecule has 0 spiro atoms. The highest BCUT2D eigenvalue weighted by atomic mass is 16.5. The van der Waals surface area contributed by atoms with Gasteiger partial charge < -0.3 is 19.7 Å². The highest BCUT2D eigenvalue weighted by Crippen LogP contribution is 1.80. The topological polar surface area (TPSA) is 76.0 Å². The Labute approximate surface area is 91.3 Å². The maximum absolute atomic E-state index is 10.0. The van der Waals surface area contributed by atoms with Crippen LogP contribution in [0, 0.1) is 0 Å². The van der Waals surface area contributed by atoms with Gasteiger partial charge in [0.1, 0.15) is 6.10 Å². The third-order valence-corrected chi connectivity index (χ3v) is 0.838. The number of carbonyl (C=O) groups is 1. The number of hydrogen-bond acceptors (Lipinski definition) is 5. The maximum Gasteiger partial charge on any atom is 0.334 e. The average molecular weight is 222 g/mol. The number of esters is 1. The van der Waals surface area contributed by atoms with Crippen LogP contribution < -0.4 is 0 Å². The molecule has 0 aromatic carbocycles. The molecule has 5 heteroatoms. The molecule has 92 valence electrons. The number of rotatable bonds is 3. The maximum atomic E-state index is 10.0. The lowest BCUT2D eigenvalue weighted by molar-refractivity contribution is -0.149. The summed E-state index contributed by atoms with van der Waals surface area (Å²) in [7, 11) is 2.78. The highest BCUT2D eigenvalue weighted by Gasteiger charge is 2.05. The average Bonchev–Trinajstić information content (AvgIpc) is 2.20. The largest absolute Gasteiger partial charge is 0.467 e. The van der Waals surface area contributed by atoms with E-state index in [4.69, 9.17) is 10.2 Å². The molecular formula is C10H22O5. The lowest BCUT2D eigenvalue weighted by Gasteiger charge is -1.97. The minimum atomic E-state index is -0.995. The van der Waals surface area contributed by atoms with Crippen molar-refractivity contribution < 1.29 is 24.5 Å². The number of ether oxygens (including phenoxy) is 2. The number of allylic oxidation sites excluding steroid dienone is 1. The summed E-state index contributed by atoms with van der Waals surface area (Å²) in [6.07, 6.45) is 0.755. The zero-order chi connectivity index (χ0) is 12.7. The molecule has 0 fully saturated rings. The minimum Gasteiger partial charge on any atom is -0.467 e. The van der Waals surface area contributed by atoms with Crippen LogP contribution in [0.25, 0.3) is 0 Å². The molecule has 1 atom stereocenters. The smallest absolute Gasteiger partial charge is 0.334 e. The van der Waals surface area contributed by atoms with Gasteiger partial charge in [0.05, 0.1) is 20.3 Å². The van der Waals surface area contributed by atoms with E-state index in [-0.39, 0.29) is 6.61 Å². The van der Waals surface area contributed by atoms with Gasteiger partial charge in [-0.2, -0.15) is 0 Å². The summed E-state index contributed by atoms with van der Waals surface area (Å²) < 4.78 is 8.56. The van der Waals surface area contributed by atoms with Gasteiger partial charge in [-0.3, -0.25) is 0 Å². The molecule has 0 amide bonds. The molecule has 0 heterocycles. The van der Waals surface area contributed by atoms with Crippen LogP contribution >= 0.6 is 0 Å². The lowest BCUT2D eigenvalue weighted by Crippen LogP contribution is -2.16. The van der Waals surface area contributed by atoms with Crippen molar-refractivity contribution in [2.75, 3.05) is 27.4 Å². The van der Waals surface area contributed by atoms with Crippen LogP contribution in [-0.2, 0) is 14.3 Å². The molecule has 0 radical (unpaired) electrons. The van der Waals surface area contributed by atoms with Crippen LogP contribution in [0.15, 0.2) is 12.7 Å². The van der Waals surface area contributed by atoms with Gasteiger partial charge in [0, 0.05) is 7.11 Å². The molecular weight excluding hydrogens is 200 g/mol. The van der Waals surface area contributed by atoms with Gasteiger partial charge in [0.25, 0.3) is 0 Å². The number of hydrogen-bond donors (Lipinski definition) is 2. The zero-order valence-electron chi connectivity index (χ0n) is 9.90. The minimum absolute atomic E-state index is 0.122. The van der Waals surface area contributed by atoms with E-state index in [9.17, 15) is 4.79 Å². The molecule has 0 aromatic heterocycles. The lowest BCUT2D eigenvalue weighted by atomic mass is 10.4. The first-order valence-electron chi connectivity index (χ1n) is 4.44. The number of aliphatic hydroxyl groups is 2. The second-order valence-corrected chi connectivity index (χ2v) is 2.32. The Bertz CT molecular complexity index is 132. The molecule has 0 aromatic rings. The summed E-state index contributed by atoms with van der Waals surface area (Å²) in [5, 5.41) is 16.3. The van der Waals surface area contributed by atoms with Crippen LogP contribution in [0.2, 0.25) is 0 Å². The Balaban J connectivity index is -0.000000158. The molecule has 2 N–H and O–H groups in total. The van der Waals surface area contributed by atoms with Gasteiger partial charge in [0.2, 0.25) is 0 Å². The standard InChI is InChI=1S/C4H8O3.C3H8O2.C3H6/c1-3(5)4(6)7-2;1-5-3-2-4;1-3-2/h3,5H,1-2H3;4H,2-3H2,1H3;3H,1H2,2H3. The summed E-state index contributed by atoms with van der Waals surface area (Å²) in [5.74, 6) is -0.597. The number of aliphatic hydroxyl groups excluding tert-OH is 2. The van der Waals surface area contributed by atoms with E-state index < -0.39 is 12.1 Å². The molecule has 0 aliphatic carbocycles. The van der Waals surface area contributed by atoms with E-state index in [1.165, 1.54) is 14.0 Å². The first-order chi connectivity index (χ1) is 7.01. The van der Waals surface area contributed by atoms with Gasteiger partial charge in [-0.25, -0.2) is 4.79 Å². The molecule has 0 aliphatic rings. The van der Waals surface area contributed by atoms with E-state index in [2.05, 4.69) is 16.1 Å². The predicted octanol–water partition coefficient (Wildman–Crippen LogP) is 0.358. The van der Waals surface area contributed by atoms with Crippen LogP contribution in [0.5, 0.6) is 0 Å². The number of carbonyl (C=O) groups excluding carboxylic acids is 1. The van der Waals surface area contributed by atoms with Crippen molar-refractivity contribution in [2.45, 2.75) is 20.0 Å². The Morgan fingerprint density at radius 1 is 1.53 bits per heavy atom. The highest BCUT2D eigenvalue weighted by molar-refractivity contribution is 5.73. The quantitative estimate of drug-likeness (QED) is 0.532. The van der Waals surface area contributed by atoms with Crippen LogP contribution in [-0.4, -0.2) is 49.7 Å². The van der Waals surface area contributed by atoms with Crippen molar-refractivity contribution >= 4 is 5.97 Å². The number of methoxy groups -OCH3 is 2. The van der Waals surface area contributed by atoms with E-state index in [0.29, 0.717) is 6.61 Å². The molecule has 0 saturated carbocycles. The fraction of sp³-hybridized carbons (Fsp3) is 0.700. The van der Waals surface area contributed by atoms with Gasteiger partial charge in [-0.15, -0.1) is 6.58 Å². The van der Waals surface area contributed by atoms with E-state index in [1.807, 2.05) is 6.92 Å². The van der Waals surface area contributed by atoms with Crippen LogP contribution in [0.4, 0.5) is 0 Å². The second kappa shape index (κ2) is 18.8.